The minimum absolute atomic E-state index is 0.169. The van der Waals surface area contributed by atoms with E-state index in [4.69, 9.17) is 15.2 Å². The van der Waals surface area contributed by atoms with Crippen molar-refractivity contribution in [1.29, 1.82) is 0 Å². The van der Waals surface area contributed by atoms with Crippen LogP contribution in [0.2, 0.25) is 0 Å². The first-order valence-electron chi connectivity index (χ1n) is 8.50. The number of rotatable bonds is 2. The van der Waals surface area contributed by atoms with E-state index in [1.165, 1.54) is 12.8 Å². The summed E-state index contributed by atoms with van der Waals surface area (Å²) in [5.41, 5.74) is 2.06. The first kappa shape index (κ1) is 12.3. The van der Waals surface area contributed by atoms with Gasteiger partial charge in [0.1, 0.15) is 11.1 Å². The van der Waals surface area contributed by atoms with Crippen molar-refractivity contribution in [3.63, 3.8) is 0 Å². The van der Waals surface area contributed by atoms with Crippen molar-refractivity contribution in [2.24, 2.45) is 33.4 Å². The van der Waals surface area contributed by atoms with Gasteiger partial charge in [0.15, 0.2) is 0 Å². The SMILES string of the molecule is C[C@@]12C[C@@H]1[C@]1(c3ccccn3)N=N[C@@]2(c2ccccn2)[C@H]2C[C@H]21. The van der Waals surface area contributed by atoms with Crippen molar-refractivity contribution >= 4 is 0 Å². The molecule has 6 atom stereocenters. The van der Waals surface area contributed by atoms with E-state index in [2.05, 4.69) is 36.2 Å². The van der Waals surface area contributed by atoms with E-state index < -0.39 is 0 Å². The summed E-state index contributed by atoms with van der Waals surface area (Å²) in [6.45, 7) is 2.40. The zero-order valence-corrected chi connectivity index (χ0v) is 13.1. The Kier molecular flexibility index (Phi) is 1.89. The van der Waals surface area contributed by atoms with Gasteiger partial charge < -0.3 is 0 Å². The second kappa shape index (κ2) is 3.53. The van der Waals surface area contributed by atoms with Crippen LogP contribution in [0.3, 0.4) is 0 Å². The first-order valence-corrected chi connectivity index (χ1v) is 8.50. The lowest BCUT2D eigenvalue weighted by atomic mass is 9.62. The zero-order valence-electron chi connectivity index (χ0n) is 13.1. The Morgan fingerprint density at radius 3 is 2.35 bits per heavy atom. The van der Waals surface area contributed by atoms with Gasteiger partial charge in [0.25, 0.3) is 0 Å². The summed E-state index contributed by atoms with van der Waals surface area (Å²) >= 11 is 0. The van der Waals surface area contributed by atoms with Crippen molar-refractivity contribution in [1.82, 2.24) is 9.97 Å². The summed E-state index contributed by atoms with van der Waals surface area (Å²) in [5, 5.41) is 9.95. The fourth-order valence-electron chi connectivity index (χ4n) is 5.89. The predicted octanol–water partition coefficient (Wildman–Crippen LogP) is 3.71. The predicted molar refractivity (Wildman–Crippen MR) is 84.5 cm³/mol. The van der Waals surface area contributed by atoms with Gasteiger partial charge in [-0.2, -0.15) is 10.2 Å². The van der Waals surface area contributed by atoms with Crippen LogP contribution in [0.25, 0.3) is 0 Å². The van der Waals surface area contributed by atoms with Gasteiger partial charge in [0.2, 0.25) is 0 Å². The molecule has 3 aliphatic carbocycles. The Bertz CT molecular complexity index is 835. The summed E-state index contributed by atoms with van der Waals surface area (Å²) in [6.07, 6.45) is 6.17. The van der Waals surface area contributed by atoms with E-state index in [1.807, 2.05) is 24.5 Å². The molecule has 0 spiro atoms. The topological polar surface area (TPSA) is 50.5 Å². The first-order chi connectivity index (χ1) is 11.2. The van der Waals surface area contributed by atoms with Crippen LogP contribution in [0.4, 0.5) is 0 Å². The number of nitrogens with zero attached hydrogens (tertiary/aromatic N) is 4. The van der Waals surface area contributed by atoms with Gasteiger partial charge in [-0.05, 0) is 48.9 Å². The van der Waals surface area contributed by atoms with Crippen LogP contribution in [-0.4, -0.2) is 9.97 Å². The molecule has 0 unspecified atom stereocenters. The third-order valence-electron chi connectivity index (χ3n) is 7.04. The molecule has 2 aromatic heterocycles. The van der Waals surface area contributed by atoms with Crippen molar-refractivity contribution < 1.29 is 0 Å². The quantitative estimate of drug-likeness (QED) is 0.849. The van der Waals surface area contributed by atoms with Gasteiger partial charge in [0, 0.05) is 23.7 Å². The van der Waals surface area contributed by atoms with E-state index in [9.17, 15) is 0 Å². The number of aromatic nitrogens is 2. The fraction of sp³-hybridized carbons (Fsp3) is 0.474. The second-order valence-corrected chi connectivity index (χ2v) is 7.84. The third-order valence-corrected chi connectivity index (χ3v) is 7.04. The molecule has 7 rings (SSSR count). The van der Waals surface area contributed by atoms with Crippen molar-refractivity contribution in [3.8, 4) is 0 Å². The third kappa shape index (κ3) is 1.14. The van der Waals surface area contributed by atoms with Gasteiger partial charge in [-0.3, -0.25) is 9.97 Å². The maximum absolute atomic E-state index is 4.99. The van der Waals surface area contributed by atoms with Crippen molar-refractivity contribution in [2.75, 3.05) is 0 Å². The molecule has 0 amide bonds. The average molecular weight is 302 g/mol. The highest BCUT2D eigenvalue weighted by atomic mass is 15.3. The fourth-order valence-corrected chi connectivity index (χ4v) is 5.89. The van der Waals surface area contributed by atoms with Gasteiger partial charge in [-0.15, -0.1) is 0 Å². The molecule has 5 aliphatic rings. The Labute approximate surface area is 135 Å². The van der Waals surface area contributed by atoms with E-state index >= 15 is 0 Å². The zero-order chi connectivity index (χ0) is 15.3. The molecular weight excluding hydrogens is 284 g/mol. The highest BCUT2D eigenvalue weighted by Crippen LogP contribution is 2.86. The molecule has 2 bridgehead atoms. The summed E-state index contributed by atoms with van der Waals surface area (Å²) in [6, 6.07) is 12.4. The summed E-state index contributed by atoms with van der Waals surface area (Å²) in [5.74, 6) is 1.70. The maximum Gasteiger partial charge on any atom is 0.132 e. The smallest absolute Gasteiger partial charge is 0.132 e. The molecule has 0 radical (unpaired) electrons. The summed E-state index contributed by atoms with van der Waals surface area (Å²) < 4.78 is 0. The molecule has 0 saturated heterocycles. The van der Waals surface area contributed by atoms with Crippen molar-refractivity contribution in [2.45, 2.75) is 30.8 Å². The molecule has 0 N–H and O–H groups in total. The van der Waals surface area contributed by atoms with E-state index in [1.54, 1.807) is 0 Å². The highest BCUT2D eigenvalue weighted by molar-refractivity contribution is 5.45. The average Bonchev–Trinajstić information content (AvgIpc) is 3.50. The van der Waals surface area contributed by atoms with Crippen LogP contribution in [0, 0.1) is 23.2 Å². The van der Waals surface area contributed by atoms with Gasteiger partial charge >= 0.3 is 0 Å². The lowest BCUT2D eigenvalue weighted by Crippen LogP contribution is -2.52. The van der Waals surface area contributed by atoms with Crippen LogP contribution in [-0.2, 0) is 11.1 Å². The van der Waals surface area contributed by atoms with E-state index in [0.29, 0.717) is 17.8 Å². The standard InChI is InChI=1S/C19H18N4/c1-17-11-14(17)18(15-6-2-4-8-20-15)12-10-13(12)19(17,23-22-18)16-7-3-5-9-21-16/h2-9,12-14H,10-11H2,1H3/t12-,13+,14+,17-,18-,19-/m1/s1. The largest absolute Gasteiger partial charge is 0.259 e. The lowest BCUT2D eigenvalue weighted by molar-refractivity contribution is 0.0491. The number of hydrogen-bond donors (Lipinski definition) is 0. The summed E-state index contributed by atoms with van der Waals surface area (Å²) in [4.78, 5) is 9.38. The van der Waals surface area contributed by atoms with Gasteiger partial charge in [-0.1, -0.05) is 19.1 Å². The normalized spacial score (nSPS) is 47.8. The molecule has 4 heteroatoms. The van der Waals surface area contributed by atoms with Crippen LogP contribution in [0.15, 0.2) is 59.0 Å². The second-order valence-electron chi connectivity index (χ2n) is 7.84. The molecule has 4 heterocycles. The van der Waals surface area contributed by atoms with Crippen LogP contribution >= 0.6 is 0 Å². The molecule has 114 valence electrons. The molecule has 4 nitrogen and oxygen atoms in total. The monoisotopic (exact) mass is 302 g/mol. The summed E-state index contributed by atoms with van der Waals surface area (Å²) in [7, 11) is 0. The minimum Gasteiger partial charge on any atom is -0.259 e. The molecule has 0 aromatic carbocycles. The number of hydrogen-bond acceptors (Lipinski definition) is 4. The Morgan fingerprint density at radius 2 is 1.65 bits per heavy atom. The van der Waals surface area contributed by atoms with Gasteiger partial charge in [-0.25, -0.2) is 0 Å². The van der Waals surface area contributed by atoms with E-state index in [-0.39, 0.29) is 16.5 Å². The van der Waals surface area contributed by atoms with E-state index in [0.717, 1.165) is 11.4 Å². The Morgan fingerprint density at radius 1 is 0.913 bits per heavy atom. The van der Waals surface area contributed by atoms with Crippen LogP contribution in [0.1, 0.15) is 31.2 Å². The Balaban J connectivity index is 1.60. The maximum atomic E-state index is 4.99. The van der Waals surface area contributed by atoms with Crippen LogP contribution in [0.5, 0.6) is 0 Å². The number of pyridine rings is 2. The highest BCUT2D eigenvalue weighted by Gasteiger charge is 2.87. The number of azo groups is 1. The van der Waals surface area contributed by atoms with Crippen LogP contribution < -0.4 is 0 Å². The molecule has 3 saturated carbocycles. The molecule has 3 fully saturated rings. The minimum atomic E-state index is -0.194. The van der Waals surface area contributed by atoms with Gasteiger partial charge in [0.05, 0.1) is 11.4 Å². The molecule has 23 heavy (non-hydrogen) atoms. The molecule has 2 aromatic rings. The molecule has 2 aliphatic heterocycles. The lowest BCUT2D eigenvalue weighted by Gasteiger charge is -2.49. The Hall–Kier alpha value is -2.10. The molecular formula is C19H18N4. The van der Waals surface area contributed by atoms with Crippen molar-refractivity contribution in [3.05, 3.63) is 60.2 Å².